The van der Waals surface area contributed by atoms with Crippen molar-refractivity contribution in [2.24, 2.45) is 0 Å². The second-order valence-corrected chi connectivity index (χ2v) is 7.14. The van der Waals surface area contributed by atoms with Crippen molar-refractivity contribution >= 4 is 16.7 Å². The summed E-state index contributed by atoms with van der Waals surface area (Å²) in [4.78, 5) is 16.5. The van der Waals surface area contributed by atoms with Crippen LogP contribution < -0.4 is 0 Å². The van der Waals surface area contributed by atoms with Crippen LogP contribution in [0.25, 0.3) is 0 Å². The Hall–Kier alpha value is -1.20. The van der Waals surface area contributed by atoms with Crippen molar-refractivity contribution < 1.29 is 9.00 Å². The maximum absolute atomic E-state index is 12.2. The molecule has 1 fully saturated rings. The number of carbonyl (C=O) groups is 1. The van der Waals surface area contributed by atoms with E-state index in [9.17, 15) is 9.00 Å². The van der Waals surface area contributed by atoms with Gasteiger partial charge in [-0.15, -0.1) is 0 Å². The first-order valence-corrected chi connectivity index (χ1v) is 8.79. The number of likely N-dealkylation sites (tertiary alicyclic amines) is 1. The molecule has 1 amide bonds. The highest BCUT2D eigenvalue weighted by Gasteiger charge is 2.23. The second-order valence-electron chi connectivity index (χ2n) is 5.57. The Morgan fingerprint density at radius 1 is 1.29 bits per heavy atom. The van der Waals surface area contributed by atoms with Crippen LogP contribution in [0.3, 0.4) is 0 Å². The van der Waals surface area contributed by atoms with E-state index in [1.54, 1.807) is 6.92 Å². The Morgan fingerprint density at radius 2 is 1.90 bits per heavy atom. The van der Waals surface area contributed by atoms with Crippen molar-refractivity contribution in [1.29, 1.82) is 0 Å². The zero-order valence-corrected chi connectivity index (χ0v) is 13.6. The smallest absolute Gasteiger partial charge is 0.219 e. The zero-order valence-electron chi connectivity index (χ0n) is 12.8. The van der Waals surface area contributed by atoms with E-state index in [0.717, 1.165) is 37.4 Å². The molecule has 1 saturated heterocycles. The van der Waals surface area contributed by atoms with E-state index in [1.807, 2.05) is 42.3 Å². The molecule has 1 aliphatic heterocycles. The SMILES string of the molecule is CC(=O)N(C)C1CCN(CCS(=O)c2ccccc2)CC1. The van der Waals surface area contributed by atoms with Crippen LogP contribution in [-0.2, 0) is 15.6 Å². The lowest BCUT2D eigenvalue weighted by Gasteiger charge is -2.36. The van der Waals surface area contributed by atoms with Gasteiger partial charge < -0.3 is 9.80 Å². The first-order chi connectivity index (χ1) is 10.1. The minimum Gasteiger partial charge on any atom is -0.343 e. The van der Waals surface area contributed by atoms with E-state index in [2.05, 4.69) is 4.90 Å². The molecule has 0 saturated carbocycles. The summed E-state index contributed by atoms with van der Waals surface area (Å²) in [7, 11) is 0.966. The van der Waals surface area contributed by atoms with Crippen LogP contribution in [0.2, 0.25) is 0 Å². The summed E-state index contributed by atoms with van der Waals surface area (Å²) in [6.45, 7) is 4.44. The lowest BCUT2D eigenvalue weighted by atomic mass is 10.0. The molecule has 2 rings (SSSR count). The Bertz CT molecular complexity index is 484. The average Bonchev–Trinajstić information content (AvgIpc) is 2.53. The second kappa shape index (κ2) is 7.71. The Labute approximate surface area is 129 Å². The molecule has 116 valence electrons. The molecule has 1 heterocycles. The number of benzene rings is 1. The maximum Gasteiger partial charge on any atom is 0.219 e. The first kappa shape index (κ1) is 16.2. The van der Waals surface area contributed by atoms with Crippen LogP contribution >= 0.6 is 0 Å². The summed E-state index contributed by atoms with van der Waals surface area (Å²) in [6.07, 6.45) is 2.02. The predicted molar refractivity (Wildman–Crippen MR) is 85.6 cm³/mol. The molecule has 4 nitrogen and oxygen atoms in total. The topological polar surface area (TPSA) is 40.6 Å². The third-order valence-corrected chi connectivity index (χ3v) is 5.55. The molecule has 1 aliphatic rings. The quantitative estimate of drug-likeness (QED) is 0.832. The van der Waals surface area contributed by atoms with Gasteiger partial charge in [-0.05, 0) is 25.0 Å². The van der Waals surface area contributed by atoms with Gasteiger partial charge in [0, 0.05) is 50.3 Å². The number of rotatable bonds is 5. The number of amides is 1. The lowest BCUT2D eigenvalue weighted by molar-refractivity contribution is -0.130. The van der Waals surface area contributed by atoms with Crippen LogP contribution in [0, 0.1) is 0 Å². The third kappa shape index (κ3) is 4.64. The minimum atomic E-state index is -0.916. The Morgan fingerprint density at radius 3 is 2.48 bits per heavy atom. The summed E-state index contributed by atoms with van der Waals surface area (Å²) < 4.78 is 12.2. The molecule has 1 aromatic carbocycles. The van der Waals surface area contributed by atoms with Gasteiger partial charge >= 0.3 is 0 Å². The van der Waals surface area contributed by atoms with Crippen LogP contribution in [-0.4, -0.2) is 58.4 Å². The summed E-state index contributed by atoms with van der Waals surface area (Å²) in [5.41, 5.74) is 0. The fourth-order valence-corrected chi connectivity index (χ4v) is 3.81. The normalized spacial score (nSPS) is 18.4. The first-order valence-electron chi connectivity index (χ1n) is 7.47. The number of piperidine rings is 1. The number of carbonyl (C=O) groups excluding carboxylic acids is 1. The van der Waals surface area contributed by atoms with E-state index in [-0.39, 0.29) is 5.91 Å². The molecule has 0 aromatic heterocycles. The highest BCUT2D eigenvalue weighted by molar-refractivity contribution is 7.85. The largest absolute Gasteiger partial charge is 0.343 e. The molecule has 21 heavy (non-hydrogen) atoms. The summed E-state index contributed by atoms with van der Waals surface area (Å²) in [5.74, 6) is 0.815. The maximum atomic E-state index is 12.2. The van der Waals surface area contributed by atoms with Crippen molar-refractivity contribution in [1.82, 2.24) is 9.80 Å². The van der Waals surface area contributed by atoms with E-state index in [0.29, 0.717) is 11.8 Å². The van der Waals surface area contributed by atoms with Gasteiger partial charge in [0.2, 0.25) is 5.91 Å². The van der Waals surface area contributed by atoms with E-state index < -0.39 is 10.8 Å². The van der Waals surface area contributed by atoms with Crippen molar-refractivity contribution in [2.75, 3.05) is 32.4 Å². The van der Waals surface area contributed by atoms with Crippen LogP contribution in [0.15, 0.2) is 35.2 Å². The molecular weight excluding hydrogens is 284 g/mol. The van der Waals surface area contributed by atoms with E-state index in [1.165, 1.54) is 0 Å². The van der Waals surface area contributed by atoms with Gasteiger partial charge in [0.1, 0.15) is 0 Å². The van der Waals surface area contributed by atoms with Gasteiger partial charge in [-0.25, -0.2) is 0 Å². The number of nitrogens with zero attached hydrogens (tertiary/aromatic N) is 2. The van der Waals surface area contributed by atoms with Gasteiger partial charge in [0.05, 0.1) is 10.8 Å². The highest BCUT2D eigenvalue weighted by atomic mass is 32.2. The van der Waals surface area contributed by atoms with Gasteiger partial charge in [-0.3, -0.25) is 9.00 Å². The molecular formula is C16H24N2O2S. The van der Waals surface area contributed by atoms with E-state index in [4.69, 9.17) is 0 Å². The fraction of sp³-hybridized carbons (Fsp3) is 0.562. The predicted octanol–water partition coefficient (Wildman–Crippen LogP) is 1.74. The van der Waals surface area contributed by atoms with Crippen molar-refractivity contribution in [3.63, 3.8) is 0 Å². The summed E-state index contributed by atoms with van der Waals surface area (Å²) >= 11 is 0. The summed E-state index contributed by atoms with van der Waals surface area (Å²) in [5, 5.41) is 0. The molecule has 0 spiro atoms. The van der Waals surface area contributed by atoms with Gasteiger partial charge in [0.15, 0.2) is 0 Å². The zero-order chi connectivity index (χ0) is 15.2. The molecule has 5 heteroatoms. The number of hydrogen-bond donors (Lipinski definition) is 0. The van der Waals surface area contributed by atoms with Gasteiger partial charge in [0.25, 0.3) is 0 Å². The Kier molecular flexibility index (Phi) is 5.94. The standard InChI is InChI=1S/C16H24N2O2S/c1-14(19)17(2)15-8-10-18(11-9-15)12-13-21(20)16-6-4-3-5-7-16/h3-7,15H,8-13H2,1-2H3. The third-order valence-electron chi connectivity index (χ3n) is 4.20. The van der Waals surface area contributed by atoms with Crippen LogP contribution in [0.5, 0.6) is 0 Å². The van der Waals surface area contributed by atoms with Crippen molar-refractivity contribution in [3.8, 4) is 0 Å². The molecule has 1 aromatic rings. The summed E-state index contributed by atoms with van der Waals surface area (Å²) in [6, 6.07) is 10.00. The lowest BCUT2D eigenvalue weighted by Crippen LogP contribution is -2.45. The molecule has 0 radical (unpaired) electrons. The van der Waals surface area contributed by atoms with E-state index >= 15 is 0 Å². The number of hydrogen-bond acceptors (Lipinski definition) is 3. The van der Waals surface area contributed by atoms with Gasteiger partial charge in [-0.2, -0.15) is 0 Å². The molecule has 0 aliphatic carbocycles. The molecule has 1 atom stereocenters. The van der Waals surface area contributed by atoms with Gasteiger partial charge in [-0.1, -0.05) is 18.2 Å². The fourth-order valence-electron chi connectivity index (χ4n) is 2.69. The van der Waals surface area contributed by atoms with Crippen molar-refractivity contribution in [2.45, 2.75) is 30.7 Å². The highest BCUT2D eigenvalue weighted by Crippen LogP contribution is 2.16. The Balaban J connectivity index is 1.74. The van der Waals surface area contributed by atoms with Crippen LogP contribution in [0.4, 0.5) is 0 Å². The molecule has 1 unspecified atom stereocenters. The minimum absolute atomic E-state index is 0.138. The van der Waals surface area contributed by atoms with Crippen LogP contribution in [0.1, 0.15) is 19.8 Å². The molecule has 0 N–H and O–H groups in total. The molecule has 0 bridgehead atoms. The van der Waals surface area contributed by atoms with Crippen molar-refractivity contribution in [3.05, 3.63) is 30.3 Å². The monoisotopic (exact) mass is 308 g/mol. The average molecular weight is 308 g/mol.